The molecule has 6 nitrogen and oxygen atoms in total. The molecule has 382 valence electrons. The summed E-state index contributed by atoms with van der Waals surface area (Å²) < 4.78 is 16.8. The van der Waals surface area contributed by atoms with Gasteiger partial charge in [-0.05, 0) is 116 Å². The molecule has 0 spiro atoms. The van der Waals surface area contributed by atoms with E-state index in [1.807, 2.05) is 0 Å². The van der Waals surface area contributed by atoms with Crippen LogP contribution in [0.2, 0.25) is 0 Å². The summed E-state index contributed by atoms with van der Waals surface area (Å²) >= 11 is 0. The van der Waals surface area contributed by atoms with Gasteiger partial charge >= 0.3 is 17.9 Å². The van der Waals surface area contributed by atoms with Crippen molar-refractivity contribution in [3.05, 3.63) is 97.2 Å². The van der Waals surface area contributed by atoms with Crippen LogP contribution in [0.15, 0.2) is 97.2 Å². The standard InChI is InChI=1S/C61H102O6/c1-4-7-10-13-16-19-22-24-26-27-28-29-30-31-32-33-35-36-39-42-45-48-51-54-60(63)66-57-58(56-65-59(62)53-50-47-44-41-38-21-18-15-12-9-6-3)67-61(64)55-52-49-46-43-40-37-34-25-23-20-17-14-11-8-5-2/h8,11,15,17-18,20,22,24-25,27-28,30-31,34,40,43,58H,4-7,9-10,12-14,16,19,21,23,26,29,32-33,35-39,41-42,44-57H2,1-3H3/b11-8-,18-15-,20-17-,24-22-,28-27-,31-30-,34-25-,43-40-. The summed E-state index contributed by atoms with van der Waals surface area (Å²) in [4.78, 5) is 38.0. The van der Waals surface area contributed by atoms with E-state index >= 15 is 0 Å². The van der Waals surface area contributed by atoms with Crippen molar-refractivity contribution in [3.63, 3.8) is 0 Å². The van der Waals surface area contributed by atoms with Crippen molar-refractivity contribution in [2.75, 3.05) is 13.2 Å². The Bertz CT molecular complexity index is 1350. The van der Waals surface area contributed by atoms with Gasteiger partial charge in [0.25, 0.3) is 0 Å². The third kappa shape index (κ3) is 53.2. The van der Waals surface area contributed by atoms with Crippen molar-refractivity contribution in [1.82, 2.24) is 0 Å². The van der Waals surface area contributed by atoms with Crippen molar-refractivity contribution < 1.29 is 28.6 Å². The molecule has 1 unspecified atom stereocenters. The SMILES string of the molecule is CC/C=C\C/C=C\C/C=C\C/C=C\CCCCC(=O)OC(COC(=O)CCCCCCC/C=C\CCCC)COC(=O)CCCCCCCCCC/C=C\C/C=C\C/C=C\CCCCCCC. The summed E-state index contributed by atoms with van der Waals surface area (Å²) in [6.45, 7) is 6.42. The fraction of sp³-hybridized carbons (Fsp3) is 0.689. The van der Waals surface area contributed by atoms with E-state index in [4.69, 9.17) is 14.2 Å². The van der Waals surface area contributed by atoms with Crippen molar-refractivity contribution >= 4 is 17.9 Å². The first-order valence-electron chi connectivity index (χ1n) is 27.7. The highest BCUT2D eigenvalue weighted by atomic mass is 16.6. The monoisotopic (exact) mass is 931 g/mol. The van der Waals surface area contributed by atoms with Crippen LogP contribution in [0.3, 0.4) is 0 Å². The average molecular weight is 931 g/mol. The minimum Gasteiger partial charge on any atom is -0.462 e. The van der Waals surface area contributed by atoms with Crippen LogP contribution < -0.4 is 0 Å². The third-order valence-corrected chi connectivity index (χ3v) is 11.5. The molecule has 0 aromatic rings. The molecule has 0 radical (unpaired) electrons. The van der Waals surface area contributed by atoms with Crippen molar-refractivity contribution in [3.8, 4) is 0 Å². The molecule has 6 heteroatoms. The summed E-state index contributed by atoms with van der Waals surface area (Å²) in [6.07, 6.45) is 72.6. The van der Waals surface area contributed by atoms with Crippen molar-refractivity contribution in [2.24, 2.45) is 0 Å². The molecule has 0 amide bonds. The molecule has 0 heterocycles. The third-order valence-electron chi connectivity index (χ3n) is 11.5. The van der Waals surface area contributed by atoms with Gasteiger partial charge in [-0.1, -0.05) is 214 Å². The lowest BCUT2D eigenvalue weighted by Gasteiger charge is -2.18. The molecule has 0 saturated carbocycles. The first-order valence-corrected chi connectivity index (χ1v) is 27.7. The Labute approximate surface area is 413 Å². The maximum atomic E-state index is 12.8. The van der Waals surface area contributed by atoms with E-state index < -0.39 is 6.10 Å². The predicted molar refractivity (Wildman–Crippen MR) is 288 cm³/mol. The molecule has 0 aliphatic carbocycles. The van der Waals surface area contributed by atoms with Crippen molar-refractivity contribution in [1.29, 1.82) is 0 Å². The quantitative estimate of drug-likeness (QED) is 0.0262. The van der Waals surface area contributed by atoms with Gasteiger partial charge in [-0.3, -0.25) is 14.4 Å². The van der Waals surface area contributed by atoms with Crippen LogP contribution in [0.1, 0.15) is 252 Å². The summed E-state index contributed by atoms with van der Waals surface area (Å²) in [5, 5.41) is 0. The Morgan fingerprint density at radius 3 is 1.00 bits per heavy atom. The van der Waals surface area contributed by atoms with Crippen molar-refractivity contribution in [2.45, 2.75) is 258 Å². The second kappa shape index (κ2) is 54.9. The van der Waals surface area contributed by atoms with E-state index in [0.717, 1.165) is 109 Å². The van der Waals surface area contributed by atoms with Gasteiger partial charge in [0.1, 0.15) is 13.2 Å². The van der Waals surface area contributed by atoms with Gasteiger partial charge in [0.2, 0.25) is 0 Å². The molecule has 0 N–H and O–H groups in total. The number of unbranched alkanes of at least 4 members (excludes halogenated alkanes) is 22. The minimum absolute atomic E-state index is 0.102. The molecule has 0 aliphatic heterocycles. The maximum Gasteiger partial charge on any atom is 0.306 e. The molecule has 0 fully saturated rings. The largest absolute Gasteiger partial charge is 0.462 e. The van der Waals surface area contributed by atoms with Gasteiger partial charge in [-0.25, -0.2) is 0 Å². The van der Waals surface area contributed by atoms with Crippen LogP contribution in [0.5, 0.6) is 0 Å². The number of rotatable bonds is 49. The number of allylic oxidation sites excluding steroid dienone is 16. The van der Waals surface area contributed by atoms with E-state index in [-0.39, 0.29) is 37.5 Å². The van der Waals surface area contributed by atoms with Crippen LogP contribution in [0, 0.1) is 0 Å². The van der Waals surface area contributed by atoms with E-state index in [1.165, 1.54) is 96.3 Å². The smallest absolute Gasteiger partial charge is 0.306 e. The van der Waals surface area contributed by atoms with Gasteiger partial charge in [0.15, 0.2) is 6.10 Å². The van der Waals surface area contributed by atoms with Gasteiger partial charge in [-0.15, -0.1) is 0 Å². The second-order valence-corrected chi connectivity index (χ2v) is 18.1. The highest BCUT2D eigenvalue weighted by Crippen LogP contribution is 2.14. The first kappa shape index (κ1) is 63.3. The highest BCUT2D eigenvalue weighted by Gasteiger charge is 2.19. The summed E-state index contributed by atoms with van der Waals surface area (Å²) in [5.74, 6) is -0.961. The molecular weight excluding hydrogens is 829 g/mol. The van der Waals surface area contributed by atoms with Crippen LogP contribution >= 0.6 is 0 Å². The van der Waals surface area contributed by atoms with E-state index in [1.54, 1.807) is 0 Å². The Hall–Kier alpha value is -3.67. The lowest BCUT2D eigenvalue weighted by Crippen LogP contribution is -2.30. The fourth-order valence-electron chi connectivity index (χ4n) is 7.36. The zero-order valence-corrected chi connectivity index (χ0v) is 43.6. The molecular formula is C61H102O6. The second-order valence-electron chi connectivity index (χ2n) is 18.1. The molecule has 0 bridgehead atoms. The molecule has 0 aromatic carbocycles. The van der Waals surface area contributed by atoms with Gasteiger partial charge in [0.05, 0.1) is 0 Å². The summed E-state index contributed by atoms with van der Waals surface area (Å²) in [6, 6.07) is 0. The van der Waals surface area contributed by atoms with E-state index in [0.29, 0.717) is 19.3 Å². The number of carbonyl (C=O) groups is 3. The van der Waals surface area contributed by atoms with Gasteiger partial charge < -0.3 is 14.2 Å². The lowest BCUT2D eigenvalue weighted by atomic mass is 10.1. The maximum absolute atomic E-state index is 12.8. The fourth-order valence-corrected chi connectivity index (χ4v) is 7.36. The molecule has 67 heavy (non-hydrogen) atoms. The number of esters is 3. The Kier molecular flexibility index (Phi) is 51.9. The molecule has 0 rings (SSSR count). The van der Waals surface area contributed by atoms with Gasteiger partial charge in [-0.2, -0.15) is 0 Å². The lowest BCUT2D eigenvalue weighted by molar-refractivity contribution is -0.167. The molecule has 1 atom stereocenters. The molecule has 0 saturated heterocycles. The van der Waals surface area contributed by atoms with Crippen LogP contribution in [0.4, 0.5) is 0 Å². The topological polar surface area (TPSA) is 78.9 Å². The van der Waals surface area contributed by atoms with E-state index in [2.05, 4.69) is 118 Å². The summed E-state index contributed by atoms with van der Waals surface area (Å²) in [5.41, 5.74) is 0. The zero-order chi connectivity index (χ0) is 48.6. The predicted octanol–water partition coefficient (Wildman–Crippen LogP) is 18.5. The Morgan fingerprint density at radius 1 is 0.313 bits per heavy atom. The van der Waals surface area contributed by atoms with Gasteiger partial charge in [0, 0.05) is 19.3 Å². The number of hydrogen-bond donors (Lipinski definition) is 0. The van der Waals surface area contributed by atoms with E-state index in [9.17, 15) is 14.4 Å². The normalized spacial score (nSPS) is 12.8. The Balaban J connectivity index is 4.38. The number of carbonyl (C=O) groups excluding carboxylic acids is 3. The van der Waals surface area contributed by atoms with Crippen LogP contribution in [-0.2, 0) is 28.6 Å². The average Bonchev–Trinajstić information content (AvgIpc) is 3.33. The summed E-state index contributed by atoms with van der Waals surface area (Å²) in [7, 11) is 0. The first-order chi connectivity index (χ1) is 33.0. The minimum atomic E-state index is -0.806. The zero-order valence-electron chi connectivity index (χ0n) is 43.6. The molecule has 0 aromatic heterocycles. The number of ether oxygens (including phenoxy) is 3. The Morgan fingerprint density at radius 2 is 0.597 bits per heavy atom. The van der Waals surface area contributed by atoms with Crippen LogP contribution in [0.25, 0.3) is 0 Å². The highest BCUT2D eigenvalue weighted by molar-refractivity contribution is 5.71. The number of hydrogen-bond acceptors (Lipinski definition) is 6. The van der Waals surface area contributed by atoms with Crippen LogP contribution in [-0.4, -0.2) is 37.2 Å². The molecule has 0 aliphatic rings.